The highest BCUT2D eigenvalue weighted by atomic mass is 79.9. The zero-order valence-corrected chi connectivity index (χ0v) is 17.0. The SMILES string of the molecule is CC(C)(C)OC(=O)NC1CCC(N[C@@H]2C[C@H]2c2ccc(Br)s2)CC1. The minimum absolute atomic E-state index is 0.251. The first kappa shape index (κ1) is 18.2. The van der Waals surface area contributed by atoms with Crippen LogP contribution in [0.15, 0.2) is 15.9 Å². The number of carbonyl (C=O) groups excluding carboxylic acids is 1. The predicted octanol–water partition coefficient (Wildman–Crippen LogP) is 4.79. The van der Waals surface area contributed by atoms with Gasteiger partial charge in [0.05, 0.1) is 3.79 Å². The van der Waals surface area contributed by atoms with Gasteiger partial charge in [-0.1, -0.05) is 0 Å². The molecule has 3 rings (SSSR count). The molecule has 2 atom stereocenters. The lowest BCUT2D eigenvalue weighted by atomic mass is 9.91. The second-order valence-corrected chi connectivity index (χ2v) is 10.4. The highest BCUT2D eigenvalue weighted by molar-refractivity contribution is 9.11. The van der Waals surface area contributed by atoms with E-state index in [0.717, 1.165) is 25.7 Å². The van der Waals surface area contributed by atoms with Gasteiger partial charge in [0.15, 0.2) is 0 Å². The van der Waals surface area contributed by atoms with E-state index in [4.69, 9.17) is 4.74 Å². The lowest BCUT2D eigenvalue weighted by Gasteiger charge is -2.30. The smallest absolute Gasteiger partial charge is 0.407 e. The van der Waals surface area contributed by atoms with Crippen LogP contribution in [-0.2, 0) is 4.74 Å². The molecule has 0 aromatic carbocycles. The lowest BCUT2D eigenvalue weighted by molar-refractivity contribution is 0.0489. The van der Waals surface area contributed by atoms with E-state index in [1.54, 1.807) is 0 Å². The molecule has 0 unspecified atom stereocenters. The van der Waals surface area contributed by atoms with Crippen molar-refractivity contribution in [1.82, 2.24) is 10.6 Å². The Morgan fingerprint density at radius 1 is 1.21 bits per heavy atom. The molecule has 2 aliphatic carbocycles. The Morgan fingerprint density at radius 2 is 1.88 bits per heavy atom. The number of rotatable bonds is 4. The first-order valence-corrected chi connectivity index (χ1v) is 10.4. The van der Waals surface area contributed by atoms with Crippen molar-refractivity contribution >= 4 is 33.4 Å². The van der Waals surface area contributed by atoms with Gasteiger partial charge in [0.1, 0.15) is 5.60 Å². The lowest BCUT2D eigenvalue weighted by Crippen LogP contribution is -2.44. The number of alkyl carbamates (subject to hydrolysis) is 1. The molecule has 2 fully saturated rings. The second-order valence-electron chi connectivity index (χ2n) is 7.95. The summed E-state index contributed by atoms with van der Waals surface area (Å²) in [4.78, 5) is 13.3. The molecule has 0 saturated heterocycles. The van der Waals surface area contributed by atoms with Crippen LogP contribution >= 0.6 is 27.3 Å². The monoisotopic (exact) mass is 414 g/mol. The third-order valence-electron chi connectivity index (χ3n) is 4.65. The van der Waals surface area contributed by atoms with Crippen molar-refractivity contribution in [1.29, 1.82) is 0 Å². The summed E-state index contributed by atoms with van der Waals surface area (Å²) in [6.07, 6.45) is 5.26. The normalized spacial score (nSPS) is 30.0. The van der Waals surface area contributed by atoms with Gasteiger partial charge >= 0.3 is 6.09 Å². The summed E-state index contributed by atoms with van der Waals surface area (Å²) in [6.45, 7) is 5.68. The average molecular weight is 415 g/mol. The Morgan fingerprint density at radius 3 is 2.46 bits per heavy atom. The molecule has 0 aliphatic heterocycles. The molecule has 1 aromatic heterocycles. The Hall–Kier alpha value is -0.590. The second kappa shape index (κ2) is 7.34. The van der Waals surface area contributed by atoms with Crippen LogP contribution in [-0.4, -0.2) is 29.8 Å². The van der Waals surface area contributed by atoms with Gasteiger partial charge in [0.2, 0.25) is 0 Å². The molecule has 6 heteroatoms. The number of nitrogens with one attached hydrogen (secondary N) is 2. The topological polar surface area (TPSA) is 50.4 Å². The largest absolute Gasteiger partial charge is 0.444 e. The maximum absolute atomic E-state index is 11.8. The van der Waals surface area contributed by atoms with E-state index in [0.29, 0.717) is 18.0 Å². The molecular formula is C18H27BrN2O2S. The van der Waals surface area contributed by atoms with Crippen LogP contribution in [0.1, 0.15) is 63.7 Å². The number of carbonyl (C=O) groups is 1. The van der Waals surface area contributed by atoms with Crippen molar-refractivity contribution in [2.75, 3.05) is 0 Å². The number of halogens is 1. The minimum atomic E-state index is -0.430. The Bertz CT molecular complexity index is 576. The molecule has 1 aromatic rings. The summed E-state index contributed by atoms with van der Waals surface area (Å²) in [5.74, 6) is 0.693. The van der Waals surface area contributed by atoms with Crippen LogP contribution in [0.25, 0.3) is 0 Å². The van der Waals surface area contributed by atoms with Crippen molar-refractivity contribution in [2.45, 2.75) is 82.5 Å². The van der Waals surface area contributed by atoms with Gasteiger partial charge in [-0.05, 0) is 80.9 Å². The van der Waals surface area contributed by atoms with E-state index in [1.807, 2.05) is 32.1 Å². The van der Waals surface area contributed by atoms with Crippen LogP contribution in [0.4, 0.5) is 4.79 Å². The first-order valence-electron chi connectivity index (χ1n) is 8.81. The summed E-state index contributed by atoms with van der Waals surface area (Å²) in [6, 6.07) is 5.85. The number of hydrogen-bond acceptors (Lipinski definition) is 4. The Kier molecular flexibility index (Phi) is 5.57. The molecule has 2 saturated carbocycles. The Labute approximate surface area is 156 Å². The molecule has 24 heavy (non-hydrogen) atoms. The number of ether oxygens (including phenoxy) is 1. The van der Waals surface area contributed by atoms with Crippen LogP contribution < -0.4 is 10.6 Å². The van der Waals surface area contributed by atoms with Gasteiger partial charge in [-0.25, -0.2) is 4.79 Å². The third-order valence-corrected chi connectivity index (χ3v) is 6.40. The zero-order chi connectivity index (χ0) is 17.3. The minimum Gasteiger partial charge on any atom is -0.444 e. The van der Waals surface area contributed by atoms with Crippen molar-refractivity contribution in [3.8, 4) is 0 Å². The van der Waals surface area contributed by atoms with Crippen molar-refractivity contribution < 1.29 is 9.53 Å². The van der Waals surface area contributed by atoms with E-state index in [9.17, 15) is 4.79 Å². The molecular weight excluding hydrogens is 388 g/mol. The van der Waals surface area contributed by atoms with Gasteiger partial charge in [-0.3, -0.25) is 0 Å². The number of thiophene rings is 1. The van der Waals surface area contributed by atoms with Gasteiger partial charge in [-0.15, -0.1) is 11.3 Å². The molecule has 0 bridgehead atoms. The predicted molar refractivity (Wildman–Crippen MR) is 102 cm³/mol. The van der Waals surface area contributed by atoms with Gasteiger partial charge in [0, 0.05) is 28.9 Å². The molecule has 2 aliphatic rings. The molecule has 4 nitrogen and oxygen atoms in total. The highest BCUT2D eigenvalue weighted by Gasteiger charge is 2.40. The maximum atomic E-state index is 11.8. The molecule has 134 valence electrons. The highest BCUT2D eigenvalue weighted by Crippen LogP contribution is 2.45. The number of amides is 1. The summed E-state index contributed by atoms with van der Waals surface area (Å²) in [5.41, 5.74) is -0.430. The van der Waals surface area contributed by atoms with Crippen molar-refractivity contribution in [3.63, 3.8) is 0 Å². The van der Waals surface area contributed by atoms with Crippen LogP contribution in [0.5, 0.6) is 0 Å². The Balaban J connectivity index is 1.36. The fraction of sp³-hybridized carbons (Fsp3) is 0.722. The standard InChI is InChI=1S/C18H27BrN2O2S/c1-18(2,3)23-17(22)21-12-6-4-11(5-7-12)20-14-10-13(14)15-8-9-16(19)24-15/h8-9,11-14,20H,4-7,10H2,1-3H3,(H,21,22)/t11?,12?,13-,14-/m1/s1. The van der Waals surface area contributed by atoms with E-state index in [2.05, 4.69) is 38.7 Å². The summed E-state index contributed by atoms with van der Waals surface area (Å²) in [7, 11) is 0. The van der Waals surface area contributed by atoms with E-state index in [-0.39, 0.29) is 12.1 Å². The summed E-state index contributed by atoms with van der Waals surface area (Å²) in [5, 5.41) is 6.82. The third kappa shape index (κ3) is 5.20. The van der Waals surface area contributed by atoms with E-state index in [1.165, 1.54) is 15.1 Å². The summed E-state index contributed by atoms with van der Waals surface area (Å²) >= 11 is 5.40. The molecule has 1 heterocycles. The van der Waals surface area contributed by atoms with Crippen LogP contribution in [0, 0.1) is 0 Å². The maximum Gasteiger partial charge on any atom is 0.407 e. The van der Waals surface area contributed by atoms with E-state index < -0.39 is 5.60 Å². The van der Waals surface area contributed by atoms with Crippen molar-refractivity contribution in [3.05, 3.63) is 20.8 Å². The molecule has 0 radical (unpaired) electrons. The van der Waals surface area contributed by atoms with E-state index >= 15 is 0 Å². The van der Waals surface area contributed by atoms with Crippen LogP contribution in [0.2, 0.25) is 0 Å². The number of hydrogen-bond donors (Lipinski definition) is 2. The molecule has 2 N–H and O–H groups in total. The van der Waals surface area contributed by atoms with Gasteiger partial charge in [0.25, 0.3) is 0 Å². The zero-order valence-electron chi connectivity index (χ0n) is 14.6. The first-order chi connectivity index (χ1) is 11.3. The van der Waals surface area contributed by atoms with Gasteiger partial charge in [-0.2, -0.15) is 0 Å². The van der Waals surface area contributed by atoms with Gasteiger partial charge < -0.3 is 15.4 Å². The fourth-order valence-corrected chi connectivity index (χ4v) is 5.00. The van der Waals surface area contributed by atoms with Crippen LogP contribution in [0.3, 0.4) is 0 Å². The molecule has 1 amide bonds. The quantitative estimate of drug-likeness (QED) is 0.743. The van der Waals surface area contributed by atoms with Crippen molar-refractivity contribution in [2.24, 2.45) is 0 Å². The summed E-state index contributed by atoms with van der Waals surface area (Å²) < 4.78 is 6.56. The molecule has 0 spiro atoms. The average Bonchev–Trinajstić information content (AvgIpc) is 3.10. The fourth-order valence-electron chi connectivity index (χ4n) is 3.40.